The van der Waals surface area contributed by atoms with Gasteiger partial charge >= 0.3 is 0 Å². The lowest BCUT2D eigenvalue weighted by molar-refractivity contribution is 0.331. The van der Waals surface area contributed by atoms with E-state index in [0.717, 1.165) is 58.7 Å². The maximum absolute atomic E-state index is 14.4. The molecule has 0 spiro atoms. The zero-order chi connectivity index (χ0) is 22.2. The van der Waals surface area contributed by atoms with Gasteiger partial charge in [0.1, 0.15) is 11.5 Å². The van der Waals surface area contributed by atoms with Crippen LogP contribution in [0.4, 0.5) is 4.39 Å². The Kier molecular flexibility index (Phi) is 5.00. The van der Waals surface area contributed by atoms with E-state index in [1.165, 1.54) is 24.5 Å². The number of halogens is 1. The predicted octanol–water partition coefficient (Wildman–Crippen LogP) is 6.02. The van der Waals surface area contributed by atoms with Crippen molar-refractivity contribution >= 4 is 10.9 Å². The van der Waals surface area contributed by atoms with E-state index in [0.29, 0.717) is 5.56 Å². The third-order valence-corrected chi connectivity index (χ3v) is 6.39. The minimum absolute atomic E-state index is 0.226. The molecule has 5 aromatic rings. The Bertz CT molecular complexity index is 1430. The molecule has 0 aliphatic carbocycles. The second kappa shape index (κ2) is 8.30. The summed E-state index contributed by atoms with van der Waals surface area (Å²) in [7, 11) is 0. The fraction of sp³-hybridized carbons (Fsp3) is 0.185. The monoisotopic (exact) mass is 437 g/mol. The number of hydrogen-bond donors (Lipinski definition) is 2. The zero-order valence-corrected chi connectivity index (χ0v) is 18.2. The van der Waals surface area contributed by atoms with Crippen LogP contribution in [0.25, 0.3) is 44.7 Å². The molecule has 33 heavy (non-hydrogen) atoms. The Hall–Kier alpha value is -3.77. The third-order valence-electron chi connectivity index (χ3n) is 6.39. The molecule has 1 fully saturated rings. The molecule has 0 amide bonds. The molecule has 1 aliphatic rings. The summed E-state index contributed by atoms with van der Waals surface area (Å²) >= 11 is 0. The van der Waals surface area contributed by atoms with Crippen LogP contribution in [-0.2, 0) is 6.54 Å². The van der Waals surface area contributed by atoms with E-state index in [9.17, 15) is 4.39 Å². The van der Waals surface area contributed by atoms with Crippen molar-refractivity contribution in [2.75, 3.05) is 13.1 Å². The zero-order valence-electron chi connectivity index (χ0n) is 18.2. The second-order valence-corrected chi connectivity index (χ2v) is 8.66. The van der Waals surface area contributed by atoms with E-state index in [4.69, 9.17) is 0 Å². The molecule has 6 heteroatoms. The van der Waals surface area contributed by atoms with Crippen LogP contribution in [0.15, 0.2) is 73.1 Å². The fourth-order valence-electron chi connectivity index (χ4n) is 4.74. The van der Waals surface area contributed by atoms with Gasteiger partial charge in [-0.1, -0.05) is 30.3 Å². The lowest BCUT2D eigenvalue weighted by Gasteiger charge is -2.14. The number of fused-ring (bicyclic) bond motifs is 1. The lowest BCUT2D eigenvalue weighted by Crippen LogP contribution is -2.18. The van der Waals surface area contributed by atoms with Crippen LogP contribution < -0.4 is 0 Å². The van der Waals surface area contributed by atoms with Gasteiger partial charge in [0.2, 0.25) is 0 Å². The van der Waals surface area contributed by atoms with Crippen molar-refractivity contribution in [3.8, 4) is 33.8 Å². The maximum Gasteiger partial charge on any atom is 0.131 e. The molecule has 1 saturated heterocycles. The standard InChI is InChI=1S/C27H24FN5/c28-23-8-2-1-6-21(23)20-7-5-9-24-22(20)13-26(30-24)27-14-25(31-32-27)19-12-18(15-29-16-19)17-33-10-3-4-11-33/h1-2,5-9,12-16,30H,3-4,10-11,17H2,(H,31,32). The molecular weight excluding hydrogens is 413 g/mol. The molecule has 6 rings (SSSR count). The maximum atomic E-state index is 14.4. The lowest BCUT2D eigenvalue weighted by atomic mass is 10.0. The Morgan fingerprint density at radius 1 is 0.879 bits per heavy atom. The highest BCUT2D eigenvalue weighted by Crippen LogP contribution is 2.34. The van der Waals surface area contributed by atoms with Gasteiger partial charge in [-0.3, -0.25) is 15.0 Å². The average Bonchev–Trinajstić information content (AvgIpc) is 3.60. The van der Waals surface area contributed by atoms with E-state index >= 15 is 0 Å². The normalized spacial score (nSPS) is 14.3. The van der Waals surface area contributed by atoms with Crippen LogP contribution in [0.2, 0.25) is 0 Å². The summed E-state index contributed by atoms with van der Waals surface area (Å²) in [5.74, 6) is -0.226. The quantitative estimate of drug-likeness (QED) is 0.353. The molecule has 2 aromatic carbocycles. The number of likely N-dealkylation sites (tertiary alicyclic amines) is 1. The van der Waals surface area contributed by atoms with Gasteiger partial charge in [0, 0.05) is 41.0 Å². The van der Waals surface area contributed by atoms with Crippen molar-refractivity contribution in [2.24, 2.45) is 0 Å². The van der Waals surface area contributed by atoms with Crippen LogP contribution in [0.5, 0.6) is 0 Å². The van der Waals surface area contributed by atoms with Gasteiger partial charge in [0.05, 0.1) is 11.4 Å². The van der Waals surface area contributed by atoms with Gasteiger partial charge in [-0.15, -0.1) is 0 Å². The average molecular weight is 438 g/mol. The first kappa shape index (κ1) is 19.9. The van der Waals surface area contributed by atoms with Crippen LogP contribution in [0.1, 0.15) is 18.4 Å². The number of hydrogen-bond acceptors (Lipinski definition) is 3. The first-order chi connectivity index (χ1) is 16.2. The van der Waals surface area contributed by atoms with Crippen molar-refractivity contribution in [1.82, 2.24) is 25.1 Å². The highest BCUT2D eigenvalue weighted by atomic mass is 19.1. The molecule has 0 saturated carbocycles. The third kappa shape index (κ3) is 3.83. The van der Waals surface area contributed by atoms with Gasteiger partial charge in [-0.05, 0) is 67.4 Å². The van der Waals surface area contributed by atoms with Gasteiger partial charge in [0.15, 0.2) is 0 Å². The van der Waals surface area contributed by atoms with Gasteiger partial charge in [0.25, 0.3) is 0 Å². The number of pyridine rings is 1. The summed E-state index contributed by atoms with van der Waals surface area (Å²) in [6, 6.07) is 19.0. The number of H-pyrrole nitrogens is 2. The smallest absolute Gasteiger partial charge is 0.131 e. The van der Waals surface area contributed by atoms with Crippen LogP contribution in [0.3, 0.4) is 0 Å². The number of aromatic amines is 2. The van der Waals surface area contributed by atoms with E-state index in [1.54, 1.807) is 6.07 Å². The molecule has 2 N–H and O–H groups in total. The summed E-state index contributed by atoms with van der Waals surface area (Å²) in [5, 5.41) is 8.67. The van der Waals surface area contributed by atoms with Gasteiger partial charge < -0.3 is 4.98 Å². The highest BCUT2D eigenvalue weighted by molar-refractivity contribution is 5.98. The largest absolute Gasteiger partial charge is 0.353 e. The van der Waals surface area contributed by atoms with Crippen LogP contribution >= 0.6 is 0 Å². The van der Waals surface area contributed by atoms with E-state index in [1.807, 2.05) is 54.9 Å². The topological polar surface area (TPSA) is 60.6 Å². The highest BCUT2D eigenvalue weighted by Gasteiger charge is 2.15. The van der Waals surface area contributed by atoms with Crippen molar-refractivity contribution in [3.05, 3.63) is 84.4 Å². The van der Waals surface area contributed by atoms with Crippen molar-refractivity contribution in [1.29, 1.82) is 0 Å². The summed E-state index contributed by atoms with van der Waals surface area (Å²) in [4.78, 5) is 10.4. The first-order valence-corrected chi connectivity index (χ1v) is 11.3. The Morgan fingerprint density at radius 3 is 2.61 bits per heavy atom. The molecule has 3 aromatic heterocycles. The SMILES string of the molecule is Fc1ccccc1-c1cccc2[nH]c(-c3cc(-c4cncc(CN5CCCC5)c4)[nH]n3)cc12. The number of nitrogens with one attached hydrogen (secondary N) is 2. The van der Waals surface area contributed by atoms with E-state index in [2.05, 4.69) is 31.1 Å². The molecule has 164 valence electrons. The number of benzene rings is 2. The molecule has 0 unspecified atom stereocenters. The van der Waals surface area contributed by atoms with Crippen LogP contribution in [0, 0.1) is 5.82 Å². The van der Waals surface area contributed by atoms with E-state index in [-0.39, 0.29) is 5.82 Å². The first-order valence-electron chi connectivity index (χ1n) is 11.3. The molecule has 0 radical (unpaired) electrons. The number of rotatable bonds is 5. The van der Waals surface area contributed by atoms with Crippen molar-refractivity contribution in [3.63, 3.8) is 0 Å². The molecule has 0 atom stereocenters. The summed E-state index contributed by atoms with van der Waals surface area (Å²) < 4.78 is 14.4. The Labute approximate surface area is 191 Å². The van der Waals surface area contributed by atoms with Crippen LogP contribution in [-0.4, -0.2) is 38.2 Å². The number of nitrogens with zero attached hydrogens (tertiary/aromatic N) is 3. The summed E-state index contributed by atoms with van der Waals surface area (Å²) in [6.07, 6.45) is 6.37. The summed E-state index contributed by atoms with van der Waals surface area (Å²) in [6.45, 7) is 3.25. The number of aromatic nitrogens is 4. The van der Waals surface area contributed by atoms with Gasteiger partial charge in [-0.25, -0.2) is 4.39 Å². The predicted molar refractivity (Wildman–Crippen MR) is 129 cm³/mol. The Morgan fingerprint density at radius 2 is 1.73 bits per heavy atom. The minimum Gasteiger partial charge on any atom is -0.353 e. The molecular formula is C27H24FN5. The molecule has 4 heterocycles. The fourth-order valence-corrected chi connectivity index (χ4v) is 4.74. The molecule has 5 nitrogen and oxygen atoms in total. The van der Waals surface area contributed by atoms with E-state index < -0.39 is 0 Å². The molecule has 0 bridgehead atoms. The van der Waals surface area contributed by atoms with Gasteiger partial charge in [-0.2, -0.15) is 5.10 Å². The second-order valence-electron chi connectivity index (χ2n) is 8.66. The summed E-state index contributed by atoms with van der Waals surface area (Å²) in [5.41, 5.74) is 7.26. The Balaban J connectivity index is 1.32. The molecule has 1 aliphatic heterocycles. The van der Waals surface area contributed by atoms with Crippen molar-refractivity contribution < 1.29 is 4.39 Å². The van der Waals surface area contributed by atoms with Crippen molar-refractivity contribution in [2.45, 2.75) is 19.4 Å². The minimum atomic E-state index is -0.226.